The fourth-order valence-corrected chi connectivity index (χ4v) is 4.68. The molecule has 3 rings (SSSR count). The van der Waals surface area contributed by atoms with Crippen molar-refractivity contribution < 1.29 is 13.6 Å². The molecule has 0 radical (unpaired) electrons. The fourth-order valence-electron chi connectivity index (χ4n) is 3.12. The molecular weight excluding hydrogens is 309 g/mol. The predicted molar refractivity (Wildman–Crippen MR) is 92.3 cm³/mol. The van der Waals surface area contributed by atoms with Gasteiger partial charge in [0.2, 0.25) is 0 Å². The molecule has 1 N–H and O–H groups in total. The fraction of sp³-hybridized carbons (Fsp3) is 0.333. The molecule has 1 aliphatic rings. The lowest BCUT2D eigenvalue weighted by Crippen LogP contribution is -2.24. The Morgan fingerprint density at radius 2 is 1.52 bits per heavy atom. The van der Waals surface area contributed by atoms with Gasteiger partial charge in [-0.15, -0.1) is 0 Å². The second-order valence-electron chi connectivity index (χ2n) is 6.31. The summed E-state index contributed by atoms with van der Waals surface area (Å²) in [6.45, 7) is 10.4. The van der Waals surface area contributed by atoms with Crippen molar-refractivity contribution in [3.63, 3.8) is 0 Å². The number of benzene rings is 2. The highest BCUT2D eigenvalue weighted by molar-refractivity contribution is 7.52. The molecule has 4 nitrogen and oxygen atoms in total. The minimum absolute atomic E-state index is 0.471. The van der Waals surface area contributed by atoms with Crippen molar-refractivity contribution in [3.05, 3.63) is 57.6 Å². The van der Waals surface area contributed by atoms with Crippen LogP contribution in [-0.4, -0.2) is 0 Å². The molecule has 0 bridgehead atoms. The molecule has 2 aromatic carbocycles. The molecule has 1 unspecified atom stereocenters. The SMILES string of the molecule is Cc1cc(C)c(OP2(=O)NCc3cc(C)cc(C)c3O2)c(C)c1. The maximum absolute atomic E-state index is 13.0. The van der Waals surface area contributed by atoms with Crippen LogP contribution in [0.3, 0.4) is 0 Å². The molecule has 0 fully saturated rings. The van der Waals surface area contributed by atoms with E-state index in [2.05, 4.69) is 5.09 Å². The molecule has 1 atom stereocenters. The third kappa shape index (κ3) is 3.15. The Hall–Kier alpha value is -1.77. The summed E-state index contributed by atoms with van der Waals surface area (Å²) < 4.78 is 24.6. The summed E-state index contributed by atoms with van der Waals surface area (Å²) in [6.07, 6.45) is 0. The lowest BCUT2D eigenvalue weighted by Gasteiger charge is -2.28. The molecule has 0 aromatic heterocycles. The van der Waals surface area contributed by atoms with Crippen molar-refractivity contribution in [1.82, 2.24) is 5.09 Å². The van der Waals surface area contributed by atoms with Gasteiger partial charge in [-0.2, -0.15) is 5.09 Å². The largest absolute Gasteiger partial charge is 0.513 e. The molecule has 1 heterocycles. The zero-order valence-electron chi connectivity index (χ0n) is 14.2. The van der Waals surface area contributed by atoms with Crippen LogP contribution in [0.1, 0.15) is 33.4 Å². The highest BCUT2D eigenvalue weighted by atomic mass is 31.2. The second kappa shape index (κ2) is 5.70. The molecule has 0 spiro atoms. The van der Waals surface area contributed by atoms with E-state index in [0.717, 1.165) is 33.4 Å². The molecule has 2 aromatic rings. The van der Waals surface area contributed by atoms with E-state index in [4.69, 9.17) is 9.05 Å². The standard InChI is InChI=1S/C18H22NO3P/c1-11-6-13(3)17(14(4)7-11)21-23(20)19-10-16-9-12(2)8-15(5)18(16)22-23/h6-9H,10H2,1-5H3,(H,19,20). The third-order valence-electron chi connectivity index (χ3n) is 3.99. The molecule has 122 valence electrons. The first-order valence-corrected chi connectivity index (χ1v) is 9.24. The first-order valence-electron chi connectivity index (χ1n) is 7.70. The van der Waals surface area contributed by atoms with E-state index in [-0.39, 0.29) is 0 Å². The van der Waals surface area contributed by atoms with Crippen LogP contribution in [0.2, 0.25) is 0 Å². The van der Waals surface area contributed by atoms with E-state index in [1.54, 1.807) is 0 Å². The van der Waals surface area contributed by atoms with Gasteiger partial charge >= 0.3 is 7.75 Å². The summed E-state index contributed by atoms with van der Waals surface area (Å²) in [4.78, 5) is 0. The van der Waals surface area contributed by atoms with E-state index in [9.17, 15) is 4.57 Å². The monoisotopic (exact) mass is 331 g/mol. The summed E-state index contributed by atoms with van der Waals surface area (Å²) in [5, 5.41) is 2.93. The Morgan fingerprint density at radius 3 is 2.17 bits per heavy atom. The first-order chi connectivity index (χ1) is 10.8. The minimum Gasteiger partial charge on any atom is -0.404 e. The zero-order chi connectivity index (χ0) is 16.8. The number of fused-ring (bicyclic) bond motifs is 1. The molecule has 1 aliphatic heterocycles. The van der Waals surface area contributed by atoms with Gasteiger partial charge in [0.15, 0.2) is 0 Å². The molecule has 0 saturated heterocycles. The summed E-state index contributed by atoms with van der Waals surface area (Å²) in [7, 11) is -3.43. The summed E-state index contributed by atoms with van der Waals surface area (Å²) in [5.74, 6) is 1.29. The number of aryl methyl sites for hydroxylation is 5. The maximum Gasteiger partial charge on any atom is 0.513 e. The van der Waals surface area contributed by atoms with Crippen LogP contribution >= 0.6 is 7.75 Å². The molecule has 5 heteroatoms. The number of hydrogen-bond donors (Lipinski definition) is 1. The van der Waals surface area contributed by atoms with Gasteiger partial charge in [0.1, 0.15) is 11.5 Å². The van der Waals surface area contributed by atoms with Crippen LogP contribution in [0.25, 0.3) is 0 Å². The van der Waals surface area contributed by atoms with Crippen molar-refractivity contribution in [3.8, 4) is 11.5 Å². The van der Waals surface area contributed by atoms with Crippen LogP contribution in [0.4, 0.5) is 0 Å². The lowest BCUT2D eigenvalue weighted by atomic mass is 10.1. The van der Waals surface area contributed by atoms with Crippen LogP contribution < -0.4 is 14.1 Å². The van der Waals surface area contributed by atoms with E-state index < -0.39 is 7.75 Å². The molecule has 23 heavy (non-hydrogen) atoms. The van der Waals surface area contributed by atoms with Crippen LogP contribution in [0, 0.1) is 34.6 Å². The summed E-state index contributed by atoms with van der Waals surface area (Å²) >= 11 is 0. The van der Waals surface area contributed by atoms with Crippen molar-refractivity contribution in [2.45, 2.75) is 41.2 Å². The van der Waals surface area contributed by atoms with Gasteiger partial charge < -0.3 is 9.05 Å². The van der Waals surface area contributed by atoms with Gasteiger partial charge in [0.25, 0.3) is 0 Å². The minimum atomic E-state index is -3.43. The molecule has 0 amide bonds. The van der Waals surface area contributed by atoms with Gasteiger partial charge in [0, 0.05) is 12.1 Å². The Morgan fingerprint density at radius 1 is 0.957 bits per heavy atom. The van der Waals surface area contributed by atoms with E-state index in [1.807, 2.05) is 58.9 Å². The van der Waals surface area contributed by atoms with E-state index in [0.29, 0.717) is 18.0 Å². The molecule has 0 aliphatic carbocycles. The van der Waals surface area contributed by atoms with Crippen molar-refractivity contribution in [2.75, 3.05) is 0 Å². The van der Waals surface area contributed by atoms with Gasteiger partial charge in [0.05, 0.1) is 0 Å². The Balaban J connectivity index is 1.94. The predicted octanol–water partition coefficient (Wildman–Crippen LogP) is 4.90. The van der Waals surface area contributed by atoms with Gasteiger partial charge in [-0.3, -0.25) is 0 Å². The number of rotatable bonds is 2. The van der Waals surface area contributed by atoms with Crippen LogP contribution in [-0.2, 0) is 11.1 Å². The van der Waals surface area contributed by atoms with Crippen LogP contribution in [0.5, 0.6) is 11.5 Å². The Bertz CT molecular complexity index is 806. The molecular formula is C18H22NO3P. The smallest absolute Gasteiger partial charge is 0.404 e. The zero-order valence-corrected chi connectivity index (χ0v) is 15.1. The number of hydrogen-bond acceptors (Lipinski definition) is 3. The normalized spacial score (nSPS) is 19.9. The highest BCUT2D eigenvalue weighted by Gasteiger charge is 2.35. The van der Waals surface area contributed by atoms with Crippen LogP contribution in [0.15, 0.2) is 24.3 Å². The highest BCUT2D eigenvalue weighted by Crippen LogP contribution is 2.51. The van der Waals surface area contributed by atoms with Gasteiger partial charge in [-0.05, 0) is 51.3 Å². The Kier molecular flexibility index (Phi) is 3.99. The maximum atomic E-state index is 13.0. The lowest BCUT2D eigenvalue weighted by molar-refractivity contribution is 0.355. The van der Waals surface area contributed by atoms with Crippen molar-refractivity contribution in [1.29, 1.82) is 0 Å². The van der Waals surface area contributed by atoms with Crippen molar-refractivity contribution in [2.24, 2.45) is 0 Å². The average Bonchev–Trinajstić information content (AvgIpc) is 2.44. The summed E-state index contributed by atoms with van der Waals surface area (Å²) in [6, 6.07) is 8.10. The van der Waals surface area contributed by atoms with E-state index >= 15 is 0 Å². The topological polar surface area (TPSA) is 47.6 Å². The van der Waals surface area contributed by atoms with Gasteiger partial charge in [-0.25, -0.2) is 4.57 Å². The number of nitrogens with one attached hydrogen (secondary N) is 1. The molecule has 0 saturated carbocycles. The third-order valence-corrected chi connectivity index (χ3v) is 5.38. The first kappa shape index (κ1) is 16.1. The quantitative estimate of drug-likeness (QED) is 0.795. The Labute approximate surface area is 137 Å². The second-order valence-corrected chi connectivity index (χ2v) is 7.99. The average molecular weight is 331 g/mol. The van der Waals surface area contributed by atoms with E-state index in [1.165, 1.54) is 0 Å². The summed E-state index contributed by atoms with van der Waals surface area (Å²) in [5.41, 5.74) is 6.20. The van der Waals surface area contributed by atoms with Gasteiger partial charge in [-0.1, -0.05) is 35.4 Å². The van der Waals surface area contributed by atoms with Crippen molar-refractivity contribution >= 4 is 7.75 Å².